The van der Waals surface area contributed by atoms with Crippen molar-refractivity contribution in [3.63, 3.8) is 0 Å². The second-order valence-electron chi connectivity index (χ2n) is 5.13. The number of carbonyl (C=O) groups is 1. The second-order valence-corrected chi connectivity index (χ2v) is 7.06. The van der Waals surface area contributed by atoms with E-state index in [-0.39, 0.29) is 24.0 Å². The first-order chi connectivity index (χ1) is 9.41. The summed E-state index contributed by atoms with van der Waals surface area (Å²) in [5, 5.41) is 4.12. The highest BCUT2D eigenvalue weighted by molar-refractivity contribution is 7.94. The zero-order valence-electron chi connectivity index (χ0n) is 11.7. The summed E-state index contributed by atoms with van der Waals surface area (Å²) in [5.74, 6) is -0.315. The lowest BCUT2D eigenvalue weighted by molar-refractivity contribution is -0.116. The molecule has 1 aliphatic heterocycles. The first kappa shape index (κ1) is 14.8. The third kappa shape index (κ3) is 3.48. The number of amides is 1. The molecule has 1 heterocycles. The Hall–Kier alpha value is -1.62. The molecule has 20 heavy (non-hydrogen) atoms. The minimum absolute atomic E-state index is 0.0365. The highest BCUT2D eigenvalue weighted by Crippen LogP contribution is 2.23. The van der Waals surface area contributed by atoms with Crippen molar-refractivity contribution in [2.75, 3.05) is 11.1 Å². The van der Waals surface area contributed by atoms with Gasteiger partial charge in [0, 0.05) is 23.4 Å². The predicted molar refractivity (Wildman–Crippen MR) is 80.2 cm³/mol. The van der Waals surface area contributed by atoms with Gasteiger partial charge in [-0.2, -0.15) is 0 Å². The number of aryl methyl sites for hydroxylation is 2. The van der Waals surface area contributed by atoms with Crippen molar-refractivity contribution in [3.05, 3.63) is 40.8 Å². The topological polar surface area (TPSA) is 63.2 Å². The number of carbonyl (C=O) groups excluding carboxylic acids is 1. The first-order valence-electron chi connectivity index (χ1n) is 6.70. The number of rotatable bonds is 4. The van der Waals surface area contributed by atoms with Crippen LogP contribution >= 0.6 is 0 Å². The lowest BCUT2D eigenvalue weighted by Gasteiger charge is -2.14. The van der Waals surface area contributed by atoms with E-state index in [9.17, 15) is 13.2 Å². The van der Waals surface area contributed by atoms with Gasteiger partial charge < -0.3 is 5.32 Å². The lowest BCUT2D eigenvalue weighted by atomic mass is 10.0. The van der Waals surface area contributed by atoms with Crippen molar-refractivity contribution >= 4 is 21.4 Å². The van der Waals surface area contributed by atoms with E-state index >= 15 is 0 Å². The van der Waals surface area contributed by atoms with Crippen molar-refractivity contribution < 1.29 is 13.2 Å². The average Bonchev–Trinajstić information content (AvgIpc) is 2.71. The van der Waals surface area contributed by atoms with Crippen LogP contribution in [0.4, 0.5) is 5.69 Å². The van der Waals surface area contributed by atoms with E-state index in [0.29, 0.717) is 0 Å². The fourth-order valence-electron chi connectivity index (χ4n) is 2.40. The number of para-hydroxylation sites is 1. The van der Waals surface area contributed by atoms with E-state index in [4.69, 9.17) is 0 Å². The molecule has 2 rings (SSSR count). The molecule has 5 heteroatoms. The van der Waals surface area contributed by atoms with Crippen molar-refractivity contribution in [1.29, 1.82) is 0 Å². The molecule has 108 valence electrons. The number of allylic oxidation sites excluding steroid dienone is 1. The van der Waals surface area contributed by atoms with E-state index in [2.05, 4.69) is 5.32 Å². The Kier molecular flexibility index (Phi) is 4.28. The maximum Gasteiger partial charge on any atom is 0.225 e. The Morgan fingerprint density at radius 2 is 2.15 bits per heavy atom. The normalized spacial score (nSPS) is 20.0. The summed E-state index contributed by atoms with van der Waals surface area (Å²) in [7, 11) is -3.10. The highest BCUT2D eigenvalue weighted by atomic mass is 32.2. The number of nitrogens with one attached hydrogen (secondary N) is 1. The summed E-state index contributed by atoms with van der Waals surface area (Å²) in [5.41, 5.74) is 2.96. The molecule has 1 aliphatic rings. The van der Waals surface area contributed by atoms with Crippen LogP contribution in [0, 0.1) is 12.8 Å². The van der Waals surface area contributed by atoms with Gasteiger partial charge in [0.05, 0.1) is 5.75 Å². The largest absolute Gasteiger partial charge is 0.326 e. The van der Waals surface area contributed by atoms with Crippen molar-refractivity contribution in [1.82, 2.24) is 0 Å². The van der Waals surface area contributed by atoms with Gasteiger partial charge in [-0.1, -0.05) is 31.2 Å². The molecule has 0 bridgehead atoms. The van der Waals surface area contributed by atoms with Gasteiger partial charge in [-0.25, -0.2) is 8.42 Å². The van der Waals surface area contributed by atoms with Gasteiger partial charge >= 0.3 is 0 Å². The molecule has 0 radical (unpaired) electrons. The molecule has 0 aliphatic carbocycles. The third-order valence-corrected chi connectivity index (χ3v) is 4.92. The standard InChI is InChI=1S/C15H19NO3S/c1-3-13-6-4-5-11(2)15(13)16-14(17)9-12-7-8-20(18,19)10-12/h4-8,12H,3,9-10H2,1-2H3,(H,16,17)/t12-/m1/s1. The molecule has 0 spiro atoms. The monoisotopic (exact) mass is 293 g/mol. The van der Waals surface area contributed by atoms with Gasteiger partial charge in [-0.05, 0) is 24.5 Å². The van der Waals surface area contributed by atoms with E-state index in [1.54, 1.807) is 6.08 Å². The molecular formula is C15H19NO3S. The zero-order valence-corrected chi connectivity index (χ0v) is 12.5. The Labute approximate surface area is 119 Å². The molecule has 0 aromatic heterocycles. The van der Waals surface area contributed by atoms with E-state index in [0.717, 1.165) is 23.2 Å². The van der Waals surface area contributed by atoms with E-state index < -0.39 is 9.84 Å². The van der Waals surface area contributed by atoms with Crippen molar-refractivity contribution in [2.24, 2.45) is 5.92 Å². The second kappa shape index (κ2) is 5.79. The van der Waals surface area contributed by atoms with Crippen LogP contribution in [0.25, 0.3) is 0 Å². The van der Waals surface area contributed by atoms with E-state index in [1.807, 2.05) is 32.0 Å². The molecule has 1 atom stereocenters. The molecular weight excluding hydrogens is 274 g/mol. The summed E-state index contributed by atoms with van der Waals surface area (Å²) in [6.45, 7) is 3.99. The number of sulfone groups is 1. The molecule has 1 amide bonds. The molecule has 4 nitrogen and oxygen atoms in total. The molecule has 0 saturated carbocycles. The molecule has 0 saturated heterocycles. The summed E-state index contributed by atoms with van der Waals surface area (Å²) in [6.07, 6.45) is 2.65. The summed E-state index contributed by atoms with van der Waals surface area (Å²) in [4.78, 5) is 12.1. The van der Waals surface area contributed by atoms with Crippen LogP contribution in [0.3, 0.4) is 0 Å². The van der Waals surface area contributed by atoms with E-state index in [1.165, 1.54) is 5.41 Å². The van der Waals surface area contributed by atoms with Crippen molar-refractivity contribution in [3.8, 4) is 0 Å². The van der Waals surface area contributed by atoms with Gasteiger partial charge in [0.1, 0.15) is 0 Å². The predicted octanol–water partition coefficient (Wildman–Crippen LogP) is 2.44. The van der Waals surface area contributed by atoms with Crippen LogP contribution in [0.15, 0.2) is 29.7 Å². The zero-order chi connectivity index (χ0) is 14.8. The maximum atomic E-state index is 12.1. The van der Waals surface area contributed by atoms with Gasteiger partial charge in [0.15, 0.2) is 9.84 Å². The third-order valence-electron chi connectivity index (χ3n) is 3.46. The van der Waals surface area contributed by atoms with Crippen LogP contribution in [0.2, 0.25) is 0 Å². The van der Waals surface area contributed by atoms with Crippen LogP contribution in [-0.2, 0) is 21.1 Å². The van der Waals surface area contributed by atoms with Crippen LogP contribution in [0.5, 0.6) is 0 Å². The Balaban J connectivity index is 2.04. The van der Waals surface area contributed by atoms with Gasteiger partial charge in [0.2, 0.25) is 5.91 Å². The van der Waals surface area contributed by atoms with Crippen LogP contribution < -0.4 is 5.32 Å². The summed E-state index contributed by atoms with van der Waals surface area (Å²) < 4.78 is 22.6. The number of benzene rings is 1. The maximum absolute atomic E-state index is 12.1. The van der Waals surface area contributed by atoms with Gasteiger partial charge in [-0.15, -0.1) is 0 Å². The molecule has 0 unspecified atom stereocenters. The fourth-order valence-corrected chi connectivity index (χ4v) is 3.80. The molecule has 0 fully saturated rings. The summed E-state index contributed by atoms with van der Waals surface area (Å²) in [6, 6.07) is 5.91. The number of anilines is 1. The van der Waals surface area contributed by atoms with Gasteiger partial charge in [0.25, 0.3) is 0 Å². The van der Waals surface area contributed by atoms with Crippen LogP contribution in [-0.4, -0.2) is 20.1 Å². The SMILES string of the molecule is CCc1cccc(C)c1NC(=O)C[C@H]1C=CS(=O)(=O)C1. The Morgan fingerprint density at radius 3 is 2.75 bits per heavy atom. The first-order valence-corrected chi connectivity index (χ1v) is 8.42. The molecule has 1 aromatic rings. The highest BCUT2D eigenvalue weighted by Gasteiger charge is 2.24. The smallest absolute Gasteiger partial charge is 0.225 e. The fraction of sp³-hybridized carbons (Fsp3) is 0.400. The number of hydrogen-bond acceptors (Lipinski definition) is 3. The lowest BCUT2D eigenvalue weighted by Crippen LogP contribution is -2.19. The Morgan fingerprint density at radius 1 is 1.40 bits per heavy atom. The number of hydrogen-bond donors (Lipinski definition) is 1. The quantitative estimate of drug-likeness (QED) is 0.927. The summed E-state index contributed by atoms with van der Waals surface area (Å²) >= 11 is 0. The van der Waals surface area contributed by atoms with Crippen LogP contribution in [0.1, 0.15) is 24.5 Å². The van der Waals surface area contributed by atoms with Gasteiger partial charge in [-0.3, -0.25) is 4.79 Å². The van der Waals surface area contributed by atoms with Crippen molar-refractivity contribution in [2.45, 2.75) is 26.7 Å². The minimum atomic E-state index is -3.10. The minimum Gasteiger partial charge on any atom is -0.326 e. The average molecular weight is 293 g/mol. The molecule has 1 N–H and O–H groups in total. The molecule has 1 aromatic carbocycles. The Bertz CT molecular complexity index is 647.